The number of esters is 1. The summed E-state index contributed by atoms with van der Waals surface area (Å²) in [6, 6.07) is 4.29. The van der Waals surface area contributed by atoms with Gasteiger partial charge in [-0.25, -0.2) is 19.5 Å². The molecule has 7 heteroatoms. The Balaban J connectivity index is 2.71. The van der Waals surface area contributed by atoms with E-state index in [2.05, 4.69) is 15.5 Å². The Kier molecular flexibility index (Phi) is 6.30. The van der Waals surface area contributed by atoms with Crippen LogP contribution in [0.5, 0.6) is 0 Å². The lowest BCUT2D eigenvalue weighted by Gasteiger charge is -2.21. The molecule has 2 N–H and O–H groups in total. The van der Waals surface area contributed by atoms with E-state index in [0.29, 0.717) is 5.56 Å². The van der Waals surface area contributed by atoms with Crippen molar-refractivity contribution >= 4 is 12.0 Å². The van der Waals surface area contributed by atoms with Gasteiger partial charge in [-0.2, -0.15) is 0 Å². The number of hydroxylamine groups is 1. The first-order valence-corrected chi connectivity index (χ1v) is 6.78. The lowest BCUT2D eigenvalue weighted by Crippen LogP contribution is -2.49. The van der Waals surface area contributed by atoms with E-state index in [-0.39, 0.29) is 6.42 Å². The summed E-state index contributed by atoms with van der Waals surface area (Å²) in [5, 5.41) is 2.40. The maximum absolute atomic E-state index is 13.7. The third-order valence-corrected chi connectivity index (χ3v) is 2.62. The molecular formula is C15H21FN2O4. The molecule has 0 aliphatic rings. The zero-order chi connectivity index (χ0) is 16.8. The van der Waals surface area contributed by atoms with Crippen molar-refractivity contribution < 1.29 is 23.6 Å². The summed E-state index contributed by atoms with van der Waals surface area (Å²) in [6.45, 7) is 5.26. The van der Waals surface area contributed by atoms with Crippen molar-refractivity contribution in [3.05, 3.63) is 35.6 Å². The second-order valence-electron chi connectivity index (χ2n) is 5.66. The molecule has 0 fully saturated rings. The third-order valence-electron chi connectivity index (χ3n) is 2.62. The topological polar surface area (TPSA) is 76.7 Å². The number of hydrogen-bond donors (Lipinski definition) is 2. The molecule has 1 aromatic rings. The van der Waals surface area contributed by atoms with Crippen molar-refractivity contribution in [2.75, 3.05) is 7.11 Å². The van der Waals surface area contributed by atoms with Crippen molar-refractivity contribution in [1.29, 1.82) is 0 Å². The minimum Gasteiger partial charge on any atom is -0.467 e. The minimum atomic E-state index is -1.02. The zero-order valence-electron chi connectivity index (χ0n) is 13.1. The molecule has 0 aliphatic carbocycles. The Morgan fingerprint density at radius 3 is 2.45 bits per heavy atom. The minimum absolute atomic E-state index is 0.0255. The number of hydrogen-bond acceptors (Lipinski definition) is 4. The monoisotopic (exact) mass is 312 g/mol. The van der Waals surface area contributed by atoms with Gasteiger partial charge >= 0.3 is 12.0 Å². The molecule has 0 aromatic heterocycles. The van der Waals surface area contributed by atoms with Gasteiger partial charge in [0.2, 0.25) is 0 Å². The summed E-state index contributed by atoms with van der Waals surface area (Å²) < 4.78 is 18.3. The maximum Gasteiger partial charge on any atom is 0.339 e. The lowest BCUT2D eigenvalue weighted by atomic mass is 10.1. The van der Waals surface area contributed by atoms with Crippen LogP contribution in [0.1, 0.15) is 26.3 Å². The molecule has 2 amide bonds. The number of rotatable bonds is 5. The number of halogens is 1. The number of nitrogens with one attached hydrogen (secondary N) is 2. The Labute approximate surface area is 128 Å². The predicted octanol–water partition coefficient (Wildman–Crippen LogP) is 1.94. The molecule has 0 radical (unpaired) electrons. The van der Waals surface area contributed by atoms with Gasteiger partial charge in [0.15, 0.2) is 0 Å². The second kappa shape index (κ2) is 7.74. The number of ether oxygens (including phenoxy) is 1. The van der Waals surface area contributed by atoms with Gasteiger partial charge in [0, 0.05) is 6.42 Å². The molecule has 0 heterocycles. The van der Waals surface area contributed by atoms with Gasteiger partial charge in [0.25, 0.3) is 0 Å². The molecule has 0 aliphatic heterocycles. The predicted molar refractivity (Wildman–Crippen MR) is 78.4 cm³/mol. The maximum atomic E-state index is 13.7. The fraction of sp³-hybridized carbons (Fsp3) is 0.467. The standard InChI is InChI=1S/C15H21FN2O4/c1-15(2,3)22-18-14(20)17-12(13(19)21-4)9-10-7-5-6-8-11(10)16/h5-8,12H,9H2,1-4H3,(H2,17,18,20). The van der Waals surface area contributed by atoms with Crippen molar-refractivity contribution in [2.45, 2.75) is 38.8 Å². The largest absolute Gasteiger partial charge is 0.467 e. The molecule has 0 saturated heterocycles. The molecule has 0 saturated carbocycles. The van der Waals surface area contributed by atoms with E-state index in [9.17, 15) is 14.0 Å². The molecule has 6 nitrogen and oxygen atoms in total. The normalized spacial score (nSPS) is 12.4. The zero-order valence-corrected chi connectivity index (χ0v) is 13.1. The van der Waals surface area contributed by atoms with Gasteiger partial charge < -0.3 is 10.1 Å². The summed E-state index contributed by atoms with van der Waals surface area (Å²) in [6.07, 6.45) is -0.0255. The first-order chi connectivity index (χ1) is 10.2. The van der Waals surface area contributed by atoms with Crippen LogP contribution in [0, 0.1) is 5.82 Å². The van der Waals surface area contributed by atoms with Gasteiger partial charge in [-0.15, -0.1) is 0 Å². The van der Waals surface area contributed by atoms with Crippen LogP contribution < -0.4 is 10.8 Å². The summed E-state index contributed by atoms with van der Waals surface area (Å²) in [5.41, 5.74) is 1.90. The quantitative estimate of drug-likeness (QED) is 0.643. The second-order valence-corrected chi connectivity index (χ2v) is 5.66. The highest BCUT2D eigenvalue weighted by atomic mass is 19.1. The molecule has 1 unspecified atom stereocenters. The van der Waals surface area contributed by atoms with E-state index in [0.717, 1.165) is 0 Å². The first-order valence-electron chi connectivity index (χ1n) is 6.78. The average Bonchev–Trinajstić information content (AvgIpc) is 2.45. The van der Waals surface area contributed by atoms with Gasteiger partial charge in [0.05, 0.1) is 12.7 Å². The Hall–Kier alpha value is -2.15. The fourth-order valence-electron chi connectivity index (χ4n) is 1.61. The lowest BCUT2D eigenvalue weighted by molar-refractivity contribution is -0.142. The van der Waals surface area contributed by atoms with E-state index in [1.165, 1.54) is 19.2 Å². The van der Waals surface area contributed by atoms with E-state index in [1.54, 1.807) is 32.9 Å². The van der Waals surface area contributed by atoms with Crippen LogP contribution in [-0.4, -0.2) is 30.8 Å². The average molecular weight is 312 g/mol. The third kappa shape index (κ3) is 6.09. The van der Waals surface area contributed by atoms with E-state index in [1.807, 2.05) is 0 Å². The highest BCUT2D eigenvalue weighted by Gasteiger charge is 2.24. The van der Waals surface area contributed by atoms with E-state index >= 15 is 0 Å². The fourth-order valence-corrected chi connectivity index (χ4v) is 1.61. The SMILES string of the molecule is COC(=O)C(Cc1ccccc1F)NC(=O)NOC(C)(C)C. The molecule has 1 rings (SSSR count). The number of carbonyl (C=O) groups is 2. The summed E-state index contributed by atoms with van der Waals surface area (Å²) in [5.74, 6) is -1.13. The van der Waals surface area contributed by atoms with Crippen LogP contribution in [0.3, 0.4) is 0 Å². The number of carbonyl (C=O) groups excluding carboxylic acids is 2. The van der Waals surface area contributed by atoms with Crippen molar-refractivity contribution in [1.82, 2.24) is 10.8 Å². The van der Waals surface area contributed by atoms with Gasteiger partial charge in [-0.05, 0) is 32.4 Å². The van der Waals surface area contributed by atoms with Gasteiger partial charge in [-0.1, -0.05) is 18.2 Å². The molecule has 1 atom stereocenters. The Morgan fingerprint density at radius 1 is 1.27 bits per heavy atom. The van der Waals surface area contributed by atoms with Crippen molar-refractivity contribution in [2.24, 2.45) is 0 Å². The van der Waals surface area contributed by atoms with Crippen molar-refractivity contribution in [3.8, 4) is 0 Å². The van der Waals surface area contributed by atoms with Gasteiger partial charge in [0.1, 0.15) is 11.9 Å². The highest BCUT2D eigenvalue weighted by Crippen LogP contribution is 2.10. The number of methoxy groups -OCH3 is 1. The van der Waals surface area contributed by atoms with Gasteiger partial charge in [-0.3, -0.25) is 4.84 Å². The highest BCUT2D eigenvalue weighted by molar-refractivity contribution is 5.83. The molecule has 22 heavy (non-hydrogen) atoms. The van der Waals surface area contributed by atoms with E-state index in [4.69, 9.17) is 4.84 Å². The summed E-state index contributed by atoms with van der Waals surface area (Å²) in [4.78, 5) is 28.6. The Bertz CT molecular complexity index is 529. The first kappa shape index (κ1) is 17.9. The van der Waals surface area contributed by atoms with Crippen LogP contribution in [0.15, 0.2) is 24.3 Å². The molecule has 1 aromatic carbocycles. The van der Waals surface area contributed by atoms with Crippen molar-refractivity contribution in [3.63, 3.8) is 0 Å². The molecule has 0 spiro atoms. The summed E-state index contributed by atoms with van der Waals surface area (Å²) in [7, 11) is 1.20. The smallest absolute Gasteiger partial charge is 0.339 e. The van der Waals surface area contributed by atoms with Crippen LogP contribution in [0.4, 0.5) is 9.18 Å². The van der Waals surface area contributed by atoms with E-state index < -0.39 is 29.5 Å². The molecule has 0 bridgehead atoms. The molecular weight excluding hydrogens is 291 g/mol. The van der Waals surface area contributed by atoms with Crippen LogP contribution >= 0.6 is 0 Å². The van der Waals surface area contributed by atoms with Crippen LogP contribution in [0.2, 0.25) is 0 Å². The molecule has 122 valence electrons. The Morgan fingerprint density at radius 2 is 1.91 bits per heavy atom. The number of benzene rings is 1. The van der Waals surface area contributed by atoms with Crippen LogP contribution in [-0.2, 0) is 20.8 Å². The number of amides is 2. The number of urea groups is 1. The summed E-state index contributed by atoms with van der Waals surface area (Å²) >= 11 is 0. The van der Waals surface area contributed by atoms with Crippen LogP contribution in [0.25, 0.3) is 0 Å².